The van der Waals surface area contributed by atoms with Crippen molar-refractivity contribution in [3.8, 4) is 39.6 Å². The first-order valence-electron chi connectivity index (χ1n) is 8.37. The molecule has 0 aliphatic heterocycles. The van der Waals surface area contributed by atoms with Crippen LogP contribution in [0.3, 0.4) is 0 Å². The second-order valence-electron chi connectivity index (χ2n) is 6.52. The summed E-state index contributed by atoms with van der Waals surface area (Å²) < 4.78 is 0. The van der Waals surface area contributed by atoms with Gasteiger partial charge in [0.1, 0.15) is 17.2 Å². The zero-order chi connectivity index (χ0) is 18.7. The van der Waals surface area contributed by atoms with Crippen LogP contribution >= 0.6 is 0 Å². The van der Waals surface area contributed by atoms with Crippen LogP contribution in [0.4, 0.5) is 0 Å². The number of carbonyl (C=O) groups is 1. The Balaban J connectivity index is 1.94. The molecular formula is C22H13NO4. The van der Waals surface area contributed by atoms with Gasteiger partial charge in [-0.2, -0.15) is 0 Å². The minimum atomic E-state index is -0.214. The van der Waals surface area contributed by atoms with Crippen molar-refractivity contribution in [3.05, 3.63) is 71.8 Å². The lowest BCUT2D eigenvalue weighted by atomic mass is 9.96. The Morgan fingerprint density at radius 3 is 2.11 bits per heavy atom. The summed E-state index contributed by atoms with van der Waals surface area (Å²) in [5, 5.41) is 29.9. The summed E-state index contributed by atoms with van der Waals surface area (Å²) >= 11 is 0. The largest absolute Gasteiger partial charge is 0.508 e. The van der Waals surface area contributed by atoms with Gasteiger partial charge in [-0.05, 0) is 66.2 Å². The molecule has 3 N–H and O–H groups in total. The maximum Gasteiger partial charge on any atom is 0.195 e. The Kier molecular flexibility index (Phi) is 3.03. The molecule has 27 heavy (non-hydrogen) atoms. The molecule has 0 unspecified atom stereocenters. The molecule has 4 aromatic rings. The number of carbonyl (C=O) groups excluding carboxylic acids is 1. The van der Waals surface area contributed by atoms with Gasteiger partial charge < -0.3 is 15.3 Å². The van der Waals surface area contributed by atoms with Crippen LogP contribution in [-0.2, 0) is 0 Å². The van der Waals surface area contributed by atoms with Crippen molar-refractivity contribution in [3.63, 3.8) is 0 Å². The molecule has 5 nitrogen and oxygen atoms in total. The summed E-state index contributed by atoms with van der Waals surface area (Å²) in [6.45, 7) is 0. The molecule has 0 bridgehead atoms. The van der Waals surface area contributed by atoms with Gasteiger partial charge in [0.2, 0.25) is 0 Å². The quantitative estimate of drug-likeness (QED) is 0.419. The van der Waals surface area contributed by atoms with E-state index < -0.39 is 0 Å². The molecule has 3 aromatic carbocycles. The molecule has 1 aliphatic rings. The average molecular weight is 355 g/mol. The van der Waals surface area contributed by atoms with E-state index in [1.165, 1.54) is 24.3 Å². The van der Waals surface area contributed by atoms with E-state index in [2.05, 4.69) is 0 Å². The summed E-state index contributed by atoms with van der Waals surface area (Å²) in [7, 11) is 0. The van der Waals surface area contributed by atoms with Crippen molar-refractivity contribution >= 4 is 16.7 Å². The first-order chi connectivity index (χ1) is 13.0. The molecule has 1 heterocycles. The molecule has 0 atom stereocenters. The highest BCUT2D eigenvalue weighted by molar-refractivity contribution is 6.29. The van der Waals surface area contributed by atoms with Crippen molar-refractivity contribution in [2.45, 2.75) is 0 Å². The molecule has 0 spiro atoms. The number of hydrogen-bond donors (Lipinski definition) is 3. The number of hydrogen-bond acceptors (Lipinski definition) is 5. The number of phenols is 3. The molecule has 5 heteroatoms. The van der Waals surface area contributed by atoms with Crippen molar-refractivity contribution in [1.82, 2.24) is 4.98 Å². The fourth-order valence-electron chi connectivity index (χ4n) is 3.65. The molecule has 1 aromatic heterocycles. The maximum atomic E-state index is 13.1. The van der Waals surface area contributed by atoms with Gasteiger partial charge in [0.15, 0.2) is 5.78 Å². The number of nitrogens with zero attached hydrogens (tertiary/aromatic N) is 1. The highest BCUT2D eigenvalue weighted by Crippen LogP contribution is 2.46. The van der Waals surface area contributed by atoms with Crippen LogP contribution in [0, 0.1) is 0 Å². The minimum absolute atomic E-state index is 0.0150. The number of benzene rings is 3. The topological polar surface area (TPSA) is 90.7 Å². The highest BCUT2D eigenvalue weighted by Gasteiger charge is 2.32. The summed E-state index contributed by atoms with van der Waals surface area (Å²) in [5.74, 6) is -0.00637. The molecule has 130 valence electrons. The van der Waals surface area contributed by atoms with Crippen LogP contribution in [0.5, 0.6) is 17.2 Å². The van der Waals surface area contributed by atoms with E-state index in [0.717, 1.165) is 5.56 Å². The average Bonchev–Trinajstić information content (AvgIpc) is 2.95. The molecule has 0 saturated heterocycles. The van der Waals surface area contributed by atoms with Crippen molar-refractivity contribution in [2.75, 3.05) is 0 Å². The lowest BCUT2D eigenvalue weighted by Crippen LogP contribution is -1.99. The molecule has 0 radical (unpaired) electrons. The predicted molar refractivity (Wildman–Crippen MR) is 101 cm³/mol. The van der Waals surface area contributed by atoms with E-state index in [-0.39, 0.29) is 23.0 Å². The zero-order valence-corrected chi connectivity index (χ0v) is 14.0. The number of rotatable bonds is 1. The molecule has 0 fully saturated rings. The van der Waals surface area contributed by atoms with E-state index in [4.69, 9.17) is 4.98 Å². The normalized spacial score (nSPS) is 12.2. The minimum Gasteiger partial charge on any atom is -0.508 e. The van der Waals surface area contributed by atoms with Crippen LogP contribution in [0.2, 0.25) is 0 Å². The molecule has 0 saturated carbocycles. The van der Waals surface area contributed by atoms with Crippen molar-refractivity contribution in [2.24, 2.45) is 0 Å². The molecule has 0 amide bonds. The van der Waals surface area contributed by atoms with E-state index in [0.29, 0.717) is 38.9 Å². The number of fused-ring (bicyclic) bond motifs is 5. The Morgan fingerprint density at radius 1 is 0.667 bits per heavy atom. The zero-order valence-electron chi connectivity index (χ0n) is 14.0. The van der Waals surface area contributed by atoms with Gasteiger partial charge >= 0.3 is 0 Å². The third kappa shape index (κ3) is 2.18. The van der Waals surface area contributed by atoms with Crippen molar-refractivity contribution in [1.29, 1.82) is 0 Å². The number of aromatic nitrogens is 1. The summed E-state index contributed by atoms with van der Waals surface area (Å²) in [5.41, 5.74) is 4.17. The first-order valence-corrected chi connectivity index (χ1v) is 8.37. The lowest BCUT2D eigenvalue weighted by molar-refractivity contribution is 0.104. The van der Waals surface area contributed by atoms with Crippen LogP contribution in [-0.4, -0.2) is 26.1 Å². The van der Waals surface area contributed by atoms with Crippen LogP contribution < -0.4 is 0 Å². The SMILES string of the molecule is O=C1c2cc(O)ccc2-c2c(-c3ccc(O)cc3)nc3ccc(O)cc3c21. The second-order valence-corrected chi connectivity index (χ2v) is 6.52. The number of pyridine rings is 1. The van der Waals surface area contributed by atoms with Crippen LogP contribution in [0.25, 0.3) is 33.3 Å². The van der Waals surface area contributed by atoms with Gasteiger partial charge in [0.25, 0.3) is 0 Å². The van der Waals surface area contributed by atoms with Crippen LogP contribution in [0.15, 0.2) is 60.7 Å². The van der Waals surface area contributed by atoms with Crippen molar-refractivity contribution < 1.29 is 20.1 Å². The fourth-order valence-corrected chi connectivity index (χ4v) is 3.65. The maximum absolute atomic E-state index is 13.1. The Bertz CT molecular complexity index is 1260. The third-order valence-electron chi connectivity index (χ3n) is 4.85. The molecule has 1 aliphatic carbocycles. The Morgan fingerprint density at radius 2 is 1.33 bits per heavy atom. The summed E-state index contributed by atoms with van der Waals surface area (Å²) in [4.78, 5) is 17.9. The van der Waals surface area contributed by atoms with Gasteiger partial charge in [0, 0.05) is 27.6 Å². The highest BCUT2D eigenvalue weighted by atomic mass is 16.3. The monoisotopic (exact) mass is 355 g/mol. The lowest BCUT2D eigenvalue weighted by Gasteiger charge is -2.12. The fraction of sp³-hybridized carbons (Fsp3) is 0. The number of aromatic hydroxyl groups is 3. The molecular weight excluding hydrogens is 342 g/mol. The van der Waals surface area contributed by atoms with E-state index in [1.54, 1.807) is 36.4 Å². The standard InChI is InChI=1S/C22H13NO4/c24-12-3-1-11(2-4-12)21-19-15-7-5-13(25)9-16(15)22(27)20(19)17-10-14(26)6-8-18(17)23-21/h1-10,24-26H. The first kappa shape index (κ1) is 15.4. The molecule has 5 rings (SSSR count). The smallest absolute Gasteiger partial charge is 0.195 e. The van der Waals surface area contributed by atoms with E-state index >= 15 is 0 Å². The number of ketones is 1. The predicted octanol–water partition coefficient (Wildman–Crippen LogP) is 4.23. The van der Waals surface area contributed by atoms with Gasteiger partial charge in [-0.15, -0.1) is 0 Å². The van der Waals surface area contributed by atoms with Crippen LogP contribution in [0.1, 0.15) is 15.9 Å². The third-order valence-corrected chi connectivity index (χ3v) is 4.85. The summed E-state index contributed by atoms with van der Waals surface area (Å²) in [6.07, 6.45) is 0. The number of phenolic OH excluding ortho intramolecular Hbond substituents is 3. The second kappa shape index (κ2) is 5.32. The van der Waals surface area contributed by atoms with Gasteiger partial charge in [-0.3, -0.25) is 4.79 Å². The van der Waals surface area contributed by atoms with Gasteiger partial charge in [0.05, 0.1) is 11.2 Å². The van der Waals surface area contributed by atoms with E-state index in [9.17, 15) is 20.1 Å². The van der Waals surface area contributed by atoms with Gasteiger partial charge in [-0.1, -0.05) is 0 Å². The van der Waals surface area contributed by atoms with Gasteiger partial charge in [-0.25, -0.2) is 4.98 Å². The Labute approximate surface area is 153 Å². The Hall–Kier alpha value is -3.86. The summed E-state index contributed by atoms with van der Waals surface area (Å²) in [6, 6.07) is 16.0. The van der Waals surface area contributed by atoms with E-state index in [1.807, 2.05) is 0 Å².